The molecule has 0 aliphatic carbocycles. The van der Waals surface area contributed by atoms with E-state index in [1.165, 1.54) is 18.2 Å². The summed E-state index contributed by atoms with van der Waals surface area (Å²) in [6, 6.07) is 9.14. The summed E-state index contributed by atoms with van der Waals surface area (Å²) in [4.78, 5) is 23.3. The zero-order valence-electron chi connectivity index (χ0n) is 11.8. The highest BCUT2D eigenvalue weighted by Gasteiger charge is 2.13. The summed E-state index contributed by atoms with van der Waals surface area (Å²) in [7, 11) is 0. The monoisotopic (exact) mass is 347 g/mol. The molecule has 0 radical (unpaired) electrons. The number of carbonyl (C=O) groups excluding carboxylic acids is 1. The summed E-state index contributed by atoms with van der Waals surface area (Å²) < 4.78 is 0. The zero-order chi connectivity index (χ0) is 17.0. The van der Waals surface area contributed by atoms with Gasteiger partial charge < -0.3 is 10.4 Å². The highest BCUT2D eigenvalue weighted by molar-refractivity contribution is 6.42. The van der Waals surface area contributed by atoms with Gasteiger partial charge in [0.15, 0.2) is 0 Å². The average Bonchev–Trinajstić information content (AvgIpc) is 2.50. The first-order valence-electron chi connectivity index (χ1n) is 6.48. The van der Waals surface area contributed by atoms with Gasteiger partial charge in [0, 0.05) is 5.56 Å². The molecule has 0 aromatic heterocycles. The van der Waals surface area contributed by atoms with Crippen LogP contribution in [0.25, 0.3) is 0 Å². The molecule has 116 valence electrons. The van der Waals surface area contributed by atoms with Crippen LogP contribution in [0.2, 0.25) is 10.0 Å². The van der Waals surface area contributed by atoms with Crippen LogP contribution < -0.4 is 5.32 Å². The quantitative estimate of drug-likeness (QED) is 0.825. The fourth-order valence-electron chi connectivity index (χ4n) is 1.95. The number of terminal acetylenes is 1. The maximum absolute atomic E-state index is 12.1. The third-order valence-electron chi connectivity index (χ3n) is 3.04. The van der Waals surface area contributed by atoms with E-state index in [9.17, 15) is 9.59 Å². The minimum absolute atomic E-state index is 0.0240. The van der Waals surface area contributed by atoms with Gasteiger partial charge in [-0.3, -0.25) is 4.79 Å². The molecule has 0 heterocycles. The smallest absolute Gasteiger partial charge is 0.337 e. The standard InChI is InChI=1S/C17H11Cl2NO3/c1-2-10-3-5-12(17(22)23)15(8-10)20-16(21)9-11-4-6-13(18)14(19)7-11/h1,3-8H,9H2,(H,20,21)(H,22,23). The van der Waals surface area contributed by atoms with Gasteiger partial charge in [-0.15, -0.1) is 6.42 Å². The van der Waals surface area contributed by atoms with Crippen molar-refractivity contribution in [3.8, 4) is 12.3 Å². The number of carboxylic acids is 1. The van der Waals surface area contributed by atoms with Crippen LogP contribution in [-0.2, 0) is 11.2 Å². The van der Waals surface area contributed by atoms with E-state index in [0.29, 0.717) is 21.2 Å². The molecule has 4 nitrogen and oxygen atoms in total. The molecule has 0 unspecified atom stereocenters. The Kier molecular flexibility index (Phi) is 5.28. The average molecular weight is 348 g/mol. The lowest BCUT2D eigenvalue weighted by Gasteiger charge is -2.09. The second kappa shape index (κ2) is 7.19. The number of hydrogen-bond acceptors (Lipinski definition) is 2. The molecular weight excluding hydrogens is 337 g/mol. The summed E-state index contributed by atoms with van der Waals surface area (Å²) in [5, 5.41) is 12.5. The zero-order valence-corrected chi connectivity index (χ0v) is 13.3. The predicted molar refractivity (Wildman–Crippen MR) is 90.1 cm³/mol. The van der Waals surface area contributed by atoms with E-state index in [1.54, 1.807) is 18.2 Å². The number of halogens is 2. The third kappa shape index (κ3) is 4.26. The fourth-order valence-corrected chi connectivity index (χ4v) is 2.27. The lowest BCUT2D eigenvalue weighted by atomic mass is 10.1. The minimum Gasteiger partial charge on any atom is -0.478 e. The fraction of sp³-hybridized carbons (Fsp3) is 0.0588. The van der Waals surface area contributed by atoms with Crippen LogP contribution in [0, 0.1) is 12.3 Å². The maximum Gasteiger partial charge on any atom is 0.337 e. The molecular formula is C17H11Cl2NO3. The number of carboxylic acid groups (broad SMARTS) is 1. The van der Waals surface area contributed by atoms with E-state index in [-0.39, 0.29) is 23.6 Å². The number of hydrogen-bond donors (Lipinski definition) is 2. The molecule has 0 aliphatic rings. The summed E-state index contributed by atoms with van der Waals surface area (Å²) in [5.41, 5.74) is 1.24. The van der Waals surface area contributed by atoms with E-state index in [4.69, 9.17) is 34.7 Å². The van der Waals surface area contributed by atoms with Crippen molar-refractivity contribution < 1.29 is 14.7 Å². The van der Waals surface area contributed by atoms with Crippen molar-refractivity contribution in [3.63, 3.8) is 0 Å². The topological polar surface area (TPSA) is 66.4 Å². The van der Waals surface area contributed by atoms with Crippen LogP contribution in [0.4, 0.5) is 5.69 Å². The van der Waals surface area contributed by atoms with Crippen LogP contribution in [0.3, 0.4) is 0 Å². The van der Waals surface area contributed by atoms with Gasteiger partial charge in [0.05, 0.1) is 27.7 Å². The van der Waals surface area contributed by atoms with Gasteiger partial charge in [0.1, 0.15) is 0 Å². The van der Waals surface area contributed by atoms with Gasteiger partial charge in [-0.05, 0) is 35.9 Å². The molecule has 6 heteroatoms. The van der Waals surface area contributed by atoms with Crippen molar-refractivity contribution in [2.75, 3.05) is 5.32 Å². The van der Waals surface area contributed by atoms with Crippen LogP contribution in [-0.4, -0.2) is 17.0 Å². The summed E-state index contributed by atoms with van der Waals surface area (Å²) in [6.45, 7) is 0. The Morgan fingerprint density at radius 1 is 1.13 bits per heavy atom. The molecule has 2 rings (SSSR count). The molecule has 2 N–H and O–H groups in total. The van der Waals surface area contributed by atoms with Crippen LogP contribution >= 0.6 is 23.2 Å². The highest BCUT2D eigenvalue weighted by atomic mass is 35.5. The van der Waals surface area contributed by atoms with Crippen molar-refractivity contribution in [3.05, 3.63) is 63.1 Å². The first kappa shape index (κ1) is 16.9. The number of carbonyl (C=O) groups is 2. The van der Waals surface area contributed by atoms with Crippen LogP contribution in [0.15, 0.2) is 36.4 Å². The van der Waals surface area contributed by atoms with Gasteiger partial charge in [-0.25, -0.2) is 4.79 Å². The number of nitrogens with one attached hydrogen (secondary N) is 1. The Bertz CT molecular complexity index is 825. The van der Waals surface area contributed by atoms with Gasteiger partial charge in [0.25, 0.3) is 0 Å². The van der Waals surface area contributed by atoms with Gasteiger partial charge in [-0.2, -0.15) is 0 Å². The predicted octanol–water partition coefficient (Wildman–Crippen LogP) is 3.85. The Morgan fingerprint density at radius 2 is 1.87 bits per heavy atom. The van der Waals surface area contributed by atoms with Crippen molar-refractivity contribution in [2.45, 2.75) is 6.42 Å². The molecule has 1 amide bonds. The Balaban J connectivity index is 2.21. The van der Waals surface area contributed by atoms with E-state index in [0.717, 1.165) is 0 Å². The number of amides is 1. The summed E-state index contributed by atoms with van der Waals surface area (Å²) in [6.07, 6.45) is 5.32. The second-order valence-electron chi connectivity index (χ2n) is 4.68. The molecule has 0 bridgehead atoms. The van der Waals surface area contributed by atoms with Crippen molar-refractivity contribution in [1.82, 2.24) is 0 Å². The van der Waals surface area contributed by atoms with Crippen molar-refractivity contribution in [1.29, 1.82) is 0 Å². The van der Waals surface area contributed by atoms with Crippen LogP contribution in [0.5, 0.6) is 0 Å². The number of benzene rings is 2. The normalized spacial score (nSPS) is 9.96. The molecule has 0 fully saturated rings. The Labute approximate surface area is 143 Å². The molecule has 23 heavy (non-hydrogen) atoms. The molecule has 0 spiro atoms. The molecule has 0 saturated carbocycles. The van der Waals surface area contributed by atoms with Crippen LogP contribution in [0.1, 0.15) is 21.5 Å². The molecule has 2 aromatic rings. The molecule has 0 aliphatic heterocycles. The Hall–Kier alpha value is -2.48. The first-order valence-corrected chi connectivity index (χ1v) is 7.24. The SMILES string of the molecule is C#Cc1ccc(C(=O)O)c(NC(=O)Cc2ccc(Cl)c(Cl)c2)c1. The van der Waals surface area contributed by atoms with E-state index in [1.807, 2.05) is 0 Å². The minimum atomic E-state index is -1.15. The van der Waals surface area contributed by atoms with Gasteiger partial charge in [-0.1, -0.05) is 35.2 Å². The second-order valence-corrected chi connectivity index (χ2v) is 5.50. The first-order chi connectivity index (χ1) is 10.9. The maximum atomic E-state index is 12.1. The van der Waals surface area contributed by atoms with Crippen molar-refractivity contribution in [2.24, 2.45) is 0 Å². The number of rotatable bonds is 4. The van der Waals surface area contributed by atoms with Gasteiger partial charge >= 0.3 is 5.97 Å². The lowest BCUT2D eigenvalue weighted by Crippen LogP contribution is -2.17. The Morgan fingerprint density at radius 3 is 2.48 bits per heavy atom. The molecule has 2 aromatic carbocycles. The summed E-state index contributed by atoms with van der Waals surface area (Å²) >= 11 is 11.7. The van der Waals surface area contributed by atoms with E-state index < -0.39 is 5.97 Å². The lowest BCUT2D eigenvalue weighted by molar-refractivity contribution is -0.115. The number of aromatic carboxylic acids is 1. The molecule has 0 atom stereocenters. The third-order valence-corrected chi connectivity index (χ3v) is 3.78. The van der Waals surface area contributed by atoms with Crippen molar-refractivity contribution >= 4 is 40.8 Å². The highest BCUT2D eigenvalue weighted by Crippen LogP contribution is 2.23. The van der Waals surface area contributed by atoms with Gasteiger partial charge in [0.2, 0.25) is 5.91 Å². The van der Waals surface area contributed by atoms with E-state index >= 15 is 0 Å². The van der Waals surface area contributed by atoms with E-state index in [2.05, 4.69) is 11.2 Å². The number of anilines is 1. The largest absolute Gasteiger partial charge is 0.478 e. The molecule has 0 saturated heterocycles. The summed E-state index contributed by atoms with van der Waals surface area (Å²) in [5.74, 6) is 0.851.